The Hall–Kier alpha value is -4.46. The second-order valence-corrected chi connectivity index (χ2v) is 11.7. The highest BCUT2D eigenvalue weighted by Gasteiger charge is 2.33. The third kappa shape index (κ3) is 6.95. The van der Waals surface area contributed by atoms with Gasteiger partial charge in [0, 0.05) is 41.6 Å². The number of piperazine rings is 1. The van der Waals surface area contributed by atoms with E-state index >= 15 is 0 Å². The standard InChI is InChI=1S/C33H35ClN6O2.CH2O2/c1-3-30(41)40-18-17-39(20-24(40)14-15-35)32-27-13-12-23(26-10-4-7-22-8-5-11-28(34)31(22)26)19-29(27)36-33(37-32)42-21-25-9-6-16-38(25)2;2-1-3/h3-5,7-8,10-11,19,24-25H,1,6,9,12-14,16-18,20-21H2,2H3;1H,(H,2,3)/i1D2,3D;. The summed E-state index contributed by atoms with van der Waals surface area (Å²) in [4.78, 5) is 36.9. The van der Waals surface area contributed by atoms with E-state index in [1.54, 1.807) is 0 Å². The van der Waals surface area contributed by atoms with Crippen LogP contribution in [0.2, 0.25) is 5.02 Å². The van der Waals surface area contributed by atoms with Crippen molar-refractivity contribution in [1.82, 2.24) is 19.8 Å². The zero-order valence-electron chi connectivity index (χ0n) is 28.1. The Kier molecular flexibility index (Phi) is 9.07. The molecule has 1 aromatic heterocycles. The van der Waals surface area contributed by atoms with Crippen LogP contribution in [0.4, 0.5) is 5.82 Å². The molecular formula is C34H37ClN6O4. The van der Waals surface area contributed by atoms with Crippen LogP contribution in [0.15, 0.2) is 49.0 Å². The number of halogens is 1. The number of carboxylic acid groups (broad SMARTS) is 1. The highest BCUT2D eigenvalue weighted by Crippen LogP contribution is 2.39. The minimum absolute atomic E-state index is 0.0530. The molecule has 3 aliphatic rings. The highest BCUT2D eigenvalue weighted by atomic mass is 35.5. The fourth-order valence-electron chi connectivity index (χ4n) is 6.45. The molecule has 234 valence electrons. The summed E-state index contributed by atoms with van der Waals surface area (Å²) in [5.41, 5.74) is 3.95. The van der Waals surface area contributed by atoms with Gasteiger partial charge in [-0.3, -0.25) is 9.59 Å². The van der Waals surface area contributed by atoms with Crippen LogP contribution >= 0.6 is 11.6 Å². The molecule has 0 saturated carbocycles. The number of nitriles is 1. The molecule has 0 spiro atoms. The van der Waals surface area contributed by atoms with Crippen molar-refractivity contribution in [1.29, 1.82) is 5.26 Å². The first-order valence-electron chi connectivity index (χ1n) is 16.4. The van der Waals surface area contributed by atoms with Gasteiger partial charge < -0.3 is 24.5 Å². The van der Waals surface area contributed by atoms with E-state index in [0.29, 0.717) is 31.1 Å². The van der Waals surface area contributed by atoms with E-state index in [9.17, 15) is 10.1 Å². The number of ether oxygens (including phenoxy) is 1. The van der Waals surface area contributed by atoms with E-state index in [0.717, 1.165) is 64.8 Å². The normalized spacial score (nSPS) is 20.4. The van der Waals surface area contributed by atoms with Crippen LogP contribution in [0.3, 0.4) is 0 Å². The van der Waals surface area contributed by atoms with E-state index < -0.39 is 24.5 Å². The van der Waals surface area contributed by atoms with Gasteiger partial charge in [0.2, 0.25) is 5.91 Å². The fourth-order valence-corrected chi connectivity index (χ4v) is 6.74. The first-order chi connectivity index (χ1) is 23.2. The molecule has 2 aliphatic heterocycles. The Morgan fingerprint density at radius 2 is 2.04 bits per heavy atom. The van der Waals surface area contributed by atoms with E-state index in [-0.39, 0.29) is 31.5 Å². The van der Waals surface area contributed by atoms with Gasteiger partial charge in [-0.1, -0.05) is 48.5 Å². The van der Waals surface area contributed by atoms with Crippen molar-refractivity contribution in [2.75, 3.05) is 44.7 Å². The first-order valence-corrected chi connectivity index (χ1v) is 15.3. The summed E-state index contributed by atoms with van der Waals surface area (Å²) in [7, 11) is 2.10. The number of likely N-dealkylation sites (N-methyl/N-ethyl adjacent to an activating group) is 1. The lowest BCUT2D eigenvalue weighted by Crippen LogP contribution is -2.55. The van der Waals surface area contributed by atoms with Gasteiger partial charge in [-0.2, -0.15) is 15.2 Å². The van der Waals surface area contributed by atoms with Gasteiger partial charge in [0.25, 0.3) is 6.47 Å². The minimum atomic E-state index is -0.840. The molecule has 10 nitrogen and oxygen atoms in total. The third-order valence-corrected chi connectivity index (χ3v) is 9.02. The molecule has 45 heavy (non-hydrogen) atoms. The average Bonchev–Trinajstić information content (AvgIpc) is 3.50. The zero-order chi connectivity index (χ0) is 34.4. The largest absolute Gasteiger partial charge is 0.483 e. The lowest BCUT2D eigenvalue weighted by Gasteiger charge is -2.41. The van der Waals surface area contributed by atoms with Crippen LogP contribution in [-0.4, -0.2) is 89.2 Å². The molecule has 1 N–H and O–H groups in total. The minimum Gasteiger partial charge on any atom is -0.483 e. The van der Waals surface area contributed by atoms with Gasteiger partial charge in [0.15, 0.2) is 0 Å². The van der Waals surface area contributed by atoms with E-state index in [1.165, 1.54) is 4.90 Å². The second-order valence-electron chi connectivity index (χ2n) is 11.3. The maximum Gasteiger partial charge on any atom is 0.318 e. The van der Waals surface area contributed by atoms with E-state index in [1.807, 2.05) is 18.2 Å². The molecule has 3 aromatic rings. The summed E-state index contributed by atoms with van der Waals surface area (Å²) in [6.07, 6.45) is 5.77. The van der Waals surface area contributed by atoms with Crippen molar-refractivity contribution in [3.63, 3.8) is 0 Å². The molecule has 1 amide bonds. The molecule has 2 unspecified atom stereocenters. The van der Waals surface area contributed by atoms with Gasteiger partial charge in [0.1, 0.15) is 12.4 Å². The number of amides is 1. The number of nitrogens with zero attached hydrogens (tertiary/aromatic N) is 6. The number of allylic oxidation sites excluding steroid dienone is 1. The molecule has 3 heterocycles. The van der Waals surface area contributed by atoms with Crippen molar-refractivity contribution >= 4 is 52.2 Å². The van der Waals surface area contributed by atoms with Gasteiger partial charge in [-0.15, -0.1) is 0 Å². The molecule has 0 radical (unpaired) electrons. The van der Waals surface area contributed by atoms with Crippen molar-refractivity contribution in [2.45, 2.75) is 44.2 Å². The van der Waals surface area contributed by atoms with Crippen molar-refractivity contribution < 1.29 is 23.5 Å². The fraction of sp³-hybridized carbons (Fsp3) is 0.382. The number of aromatic nitrogens is 2. The van der Waals surface area contributed by atoms with Crippen LogP contribution in [0, 0.1) is 11.3 Å². The number of carbonyl (C=O) groups excluding carboxylic acids is 1. The van der Waals surface area contributed by atoms with Crippen molar-refractivity contribution in [2.24, 2.45) is 0 Å². The van der Waals surface area contributed by atoms with Crippen LogP contribution in [0.25, 0.3) is 22.4 Å². The van der Waals surface area contributed by atoms with Crippen LogP contribution < -0.4 is 9.64 Å². The quantitative estimate of drug-likeness (QED) is 0.281. The highest BCUT2D eigenvalue weighted by molar-refractivity contribution is 6.36. The van der Waals surface area contributed by atoms with Crippen LogP contribution in [0.5, 0.6) is 6.01 Å². The van der Waals surface area contributed by atoms with Crippen LogP contribution in [0.1, 0.15) is 46.6 Å². The van der Waals surface area contributed by atoms with Gasteiger partial charge in [0.05, 0.1) is 28.3 Å². The molecule has 2 aromatic carbocycles. The molecule has 0 bridgehead atoms. The van der Waals surface area contributed by atoms with Crippen molar-refractivity contribution in [3.8, 4) is 12.1 Å². The molecule has 6 rings (SSSR count). The van der Waals surface area contributed by atoms with E-state index in [4.69, 9.17) is 40.3 Å². The second kappa shape index (κ2) is 14.5. The summed E-state index contributed by atoms with van der Waals surface area (Å²) < 4.78 is 29.0. The number of rotatable bonds is 7. The number of hydrogen-bond donors (Lipinski definition) is 1. The van der Waals surface area contributed by atoms with Crippen LogP contribution in [-0.2, 0) is 16.0 Å². The van der Waals surface area contributed by atoms with Gasteiger partial charge in [-0.05, 0) is 74.0 Å². The molecule has 2 fully saturated rings. The average molecular weight is 632 g/mol. The Bertz CT molecular complexity index is 1790. The van der Waals surface area contributed by atoms with Gasteiger partial charge >= 0.3 is 6.01 Å². The Balaban J connectivity index is 0.00000145. The number of benzene rings is 2. The number of anilines is 1. The maximum absolute atomic E-state index is 12.9. The summed E-state index contributed by atoms with van der Waals surface area (Å²) >= 11 is 6.69. The monoisotopic (exact) mass is 631 g/mol. The molecular weight excluding hydrogens is 592 g/mol. The number of carbonyl (C=O) groups is 2. The predicted molar refractivity (Wildman–Crippen MR) is 175 cm³/mol. The van der Waals surface area contributed by atoms with Gasteiger partial charge in [-0.25, -0.2) is 0 Å². The van der Waals surface area contributed by atoms with Crippen molar-refractivity contribution in [3.05, 3.63) is 70.8 Å². The summed E-state index contributed by atoms with van der Waals surface area (Å²) in [6, 6.07) is 13.7. The summed E-state index contributed by atoms with van der Waals surface area (Å²) in [5, 5.41) is 19.3. The zero-order valence-corrected chi connectivity index (χ0v) is 25.8. The molecule has 2 saturated heterocycles. The molecule has 2 atom stereocenters. The van der Waals surface area contributed by atoms with E-state index in [2.05, 4.69) is 47.2 Å². The lowest BCUT2D eigenvalue weighted by molar-refractivity contribution is -0.128. The Morgan fingerprint density at radius 3 is 2.78 bits per heavy atom. The Morgan fingerprint density at radius 1 is 1.24 bits per heavy atom. The SMILES string of the molecule is O=CO.[2H]C([2H])=C([2H])C(=O)N1CCN(c2nc(OCC3CCCN3C)nc3c2CCC(c2cccc4cccc(Cl)c24)=C3)CC1CC#N. The number of likely N-dealkylation sites (tertiary alicyclic amines) is 1. The lowest BCUT2D eigenvalue weighted by atomic mass is 9.88. The topological polar surface area (TPSA) is 123 Å². The molecule has 1 aliphatic carbocycles. The smallest absolute Gasteiger partial charge is 0.318 e. The predicted octanol–water partition coefficient (Wildman–Crippen LogP) is 5.06. The number of hydrogen-bond acceptors (Lipinski definition) is 8. The number of fused-ring (bicyclic) bond motifs is 2. The summed E-state index contributed by atoms with van der Waals surface area (Å²) in [6.45, 7) is 1.39. The Labute approximate surface area is 272 Å². The summed E-state index contributed by atoms with van der Waals surface area (Å²) in [5.74, 6) is 0.0185. The first kappa shape index (κ1) is 28.0. The third-order valence-electron chi connectivity index (χ3n) is 8.71. The maximum atomic E-state index is 12.9. The molecule has 11 heteroatoms.